The van der Waals surface area contributed by atoms with Crippen LogP contribution < -0.4 is 5.73 Å². The Labute approximate surface area is 197 Å². The van der Waals surface area contributed by atoms with Crippen LogP contribution in [0.4, 0.5) is 5.82 Å². The molecule has 0 aliphatic carbocycles. The summed E-state index contributed by atoms with van der Waals surface area (Å²) < 4.78 is 29.2. The van der Waals surface area contributed by atoms with Crippen molar-refractivity contribution in [3.63, 3.8) is 0 Å². The van der Waals surface area contributed by atoms with Crippen LogP contribution in [0.1, 0.15) is 22.3 Å². The zero-order valence-electron chi connectivity index (χ0n) is 19.0. The minimum Gasteiger partial charge on any atom is -0.382 e. The molecule has 0 unspecified atom stereocenters. The van der Waals surface area contributed by atoms with Gasteiger partial charge in [0, 0.05) is 0 Å². The van der Waals surface area contributed by atoms with E-state index in [9.17, 15) is 8.42 Å². The van der Waals surface area contributed by atoms with E-state index < -0.39 is 9.84 Å². The van der Waals surface area contributed by atoms with E-state index in [4.69, 9.17) is 5.73 Å². The fourth-order valence-electron chi connectivity index (χ4n) is 3.96. The first-order valence-electron chi connectivity index (χ1n) is 10.8. The summed E-state index contributed by atoms with van der Waals surface area (Å²) in [4.78, 5) is 9.45. The average molecular weight is 470 g/mol. The van der Waals surface area contributed by atoms with Crippen molar-refractivity contribution in [2.45, 2.75) is 30.6 Å². The van der Waals surface area contributed by atoms with Crippen LogP contribution in [0.5, 0.6) is 0 Å². The van der Waals surface area contributed by atoms with Gasteiger partial charge in [0.2, 0.25) is 9.84 Å². The second kappa shape index (κ2) is 8.07. The molecule has 3 aromatic carbocycles. The highest BCUT2D eigenvalue weighted by Crippen LogP contribution is 2.36. The molecular weight excluding hydrogens is 446 g/mol. The highest BCUT2D eigenvalue weighted by Gasteiger charge is 2.31. The SMILES string of the molecule is Cc1ccc(C)c(S(=O)(=O)c2c(N)n(/N=C\c3ccccc3C)c3nc4ccccc4nc23)c1. The van der Waals surface area contributed by atoms with Crippen molar-refractivity contribution in [1.29, 1.82) is 0 Å². The maximum Gasteiger partial charge on any atom is 0.212 e. The summed E-state index contributed by atoms with van der Waals surface area (Å²) >= 11 is 0. The average Bonchev–Trinajstić information content (AvgIpc) is 3.09. The van der Waals surface area contributed by atoms with E-state index in [1.165, 1.54) is 4.68 Å². The molecule has 2 heterocycles. The predicted molar refractivity (Wildman–Crippen MR) is 135 cm³/mol. The third-order valence-corrected chi connectivity index (χ3v) is 7.79. The summed E-state index contributed by atoms with van der Waals surface area (Å²) in [5.74, 6) is -0.0314. The van der Waals surface area contributed by atoms with Crippen LogP contribution in [0.3, 0.4) is 0 Å². The summed E-state index contributed by atoms with van der Waals surface area (Å²) in [6, 6.07) is 20.4. The molecule has 8 heteroatoms. The van der Waals surface area contributed by atoms with Crippen LogP contribution in [0.25, 0.3) is 22.2 Å². The Morgan fingerprint density at radius 1 is 0.882 bits per heavy atom. The second-order valence-corrected chi connectivity index (χ2v) is 10.1. The van der Waals surface area contributed by atoms with Gasteiger partial charge in [-0.15, -0.1) is 0 Å². The fourth-order valence-corrected chi connectivity index (χ4v) is 5.77. The molecule has 0 aliphatic rings. The van der Waals surface area contributed by atoms with Gasteiger partial charge in [-0.1, -0.05) is 48.5 Å². The molecule has 5 aromatic rings. The molecule has 170 valence electrons. The van der Waals surface area contributed by atoms with E-state index in [1.807, 2.05) is 62.4 Å². The van der Waals surface area contributed by atoms with Crippen molar-refractivity contribution in [2.75, 3.05) is 5.73 Å². The maximum absolute atomic E-state index is 13.9. The lowest BCUT2D eigenvalue weighted by atomic mass is 10.1. The van der Waals surface area contributed by atoms with Crippen LogP contribution in [0, 0.1) is 20.8 Å². The fraction of sp³-hybridized carbons (Fsp3) is 0.115. The molecule has 0 amide bonds. The number of aryl methyl sites for hydroxylation is 3. The van der Waals surface area contributed by atoms with Gasteiger partial charge in [-0.05, 0) is 61.2 Å². The lowest BCUT2D eigenvalue weighted by molar-refractivity contribution is 0.596. The minimum atomic E-state index is -4.01. The van der Waals surface area contributed by atoms with Crippen LogP contribution in [-0.4, -0.2) is 29.3 Å². The third-order valence-electron chi connectivity index (χ3n) is 5.83. The van der Waals surface area contributed by atoms with Gasteiger partial charge in [0.25, 0.3) is 0 Å². The second-order valence-electron chi connectivity index (χ2n) is 8.28. The molecule has 0 atom stereocenters. The van der Waals surface area contributed by atoms with Crippen molar-refractivity contribution in [3.8, 4) is 0 Å². The van der Waals surface area contributed by atoms with Gasteiger partial charge in [-0.25, -0.2) is 18.4 Å². The molecule has 0 fully saturated rings. The van der Waals surface area contributed by atoms with Crippen molar-refractivity contribution < 1.29 is 8.42 Å². The standard InChI is InChI=1S/C26H23N5O2S/c1-16-12-13-18(3)22(14-16)34(32,33)24-23-26(30-21-11-7-6-10-20(21)29-23)31(25(24)27)28-15-19-9-5-4-8-17(19)2/h4-15H,27H2,1-3H3/b28-15-. The van der Waals surface area contributed by atoms with Gasteiger partial charge in [0.05, 0.1) is 22.1 Å². The van der Waals surface area contributed by atoms with Crippen molar-refractivity contribution in [2.24, 2.45) is 5.10 Å². The first-order valence-corrected chi connectivity index (χ1v) is 12.2. The quantitative estimate of drug-likeness (QED) is 0.381. The first-order chi connectivity index (χ1) is 16.3. The number of nitrogens with zero attached hydrogens (tertiary/aromatic N) is 4. The minimum absolute atomic E-state index is 0.0314. The summed E-state index contributed by atoms with van der Waals surface area (Å²) in [5.41, 5.74) is 11.5. The van der Waals surface area contributed by atoms with Crippen molar-refractivity contribution in [3.05, 3.63) is 89.0 Å². The zero-order chi connectivity index (χ0) is 24.0. The lowest BCUT2D eigenvalue weighted by Gasteiger charge is -2.09. The number of nitrogens with two attached hydrogens (primary N) is 1. The van der Waals surface area contributed by atoms with E-state index in [2.05, 4.69) is 15.1 Å². The zero-order valence-corrected chi connectivity index (χ0v) is 19.8. The Balaban J connectivity index is 1.83. The van der Waals surface area contributed by atoms with Gasteiger partial charge in [-0.3, -0.25) is 0 Å². The Hall–Kier alpha value is -4.04. The molecule has 5 rings (SSSR count). The monoisotopic (exact) mass is 469 g/mol. The molecule has 2 aromatic heterocycles. The van der Waals surface area contributed by atoms with E-state index in [0.717, 1.165) is 16.7 Å². The molecule has 7 nitrogen and oxygen atoms in total. The number of fused-ring (bicyclic) bond motifs is 2. The van der Waals surface area contributed by atoms with Crippen LogP contribution >= 0.6 is 0 Å². The number of nitrogen functional groups attached to an aromatic ring is 1. The Morgan fingerprint density at radius 3 is 2.29 bits per heavy atom. The first kappa shape index (κ1) is 21.8. The number of sulfone groups is 1. The van der Waals surface area contributed by atoms with Gasteiger partial charge >= 0.3 is 0 Å². The predicted octanol–water partition coefficient (Wildman–Crippen LogP) is 4.81. The number of benzene rings is 3. The smallest absolute Gasteiger partial charge is 0.212 e. The molecule has 0 saturated carbocycles. The summed E-state index contributed by atoms with van der Waals surface area (Å²) in [5, 5.41) is 4.54. The normalized spacial score (nSPS) is 12.2. The van der Waals surface area contributed by atoms with Gasteiger partial charge in [0.15, 0.2) is 5.65 Å². The topological polar surface area (TPSA) is 103 Å². The number of hydrogen-bond donors (Lipinski definition) is 1. The lowest BCUT2D eigenvalue weighted by Crippen LogP contribution is -2.08. The Kier molecular flexibility index (Phi) is 5.17. The van der Waals surface area contributed by atoms with Gasteiger partial charge in [-0.2, -0.15) is 9.78 Å². The van der Waals surface area contributed by atoms with E-state index >= 15 is 0 Å². The molecule has 0 aliphatic heterocycles. The number of hydrogen-bond acceptors (Lipinski definition) is 6. The highest BCUT2D eigenvalue weighted by atomic mass is 32.2. The van der Waals surface area contributed by atoms with Gasteiger partial charge in [0.1, 0.15) is 16.2 Å². The molecule has 0 bridgehead atoms. The maximum atomic E-state index is 13.9. The largest absolute Gasteiger partial charge is 0.382 e. The van der Waals surface area contributed by atoms with E-state index in [0.29, 0.717) is 16.6 Å². The number of aromatic nitrogens is 3. The summed E-state index contributed by atoms with van der Waals surface area (Å²) in [6.07, 6.45) is 1.65. The molecule has 2 N–H and O–H groups in total. The number of anilines is 1. The van der Waals surface area contributed by atoms with Crippen LogP contribution in [0.15, 0.2) is 81.6 Å². The van der Waals surface area contributed by atoms with E-state index in [-0.39, 0.29) is 26.8 Å². The molecular formula is C26H23N5O2S. The summed E-state index contributed by atoms with van der Waals surface area (Å²) in [7, 11) is -4.01. The van der Waals surface area contributed by atoms with Crippen LogP contribution in [0.2, 0.25) is 0 Å². The molecule has 34 heavy (non-hydrogen) atoms. The Bertz CT molecular complexity index is 1720. The van der Waals surface area contributed by atoms with Crippen molar-refractivity contribution >= 4 is 44.1 Å². The van der Waals surface area contributed by atoms with Crippen molar-refractivity contribution in [1.82, 2.24) is 14.6 Å². The number of rotatable bonds is 4. The molecule has 0 radical (unpaired) electrons. The highest BCUT2D eigenvalue weighted by molar-refractivity contribution is 7.92. The van der Waals surface area contributed by atoms with Gasteiger partial charge < -0.3 is 5.73 Å². The van der Waals surface area contributed by atoms with E-state index in [1.54, 1.807) is 31.3 Å². The van der Waals surface area contributed by atoms with Crippen LogP contribution in [-0.2, 0) is 9.84 Å². The third kappa shape index (κ3) is 3.52. The molecule has 0 spiro atoms. The summed E-state index contributed by atoms with van der Waals surface area (Å²) in [6.45, 7) is 5.59. The molecule has 0 saturated heterocycles. The number of para-hydroxylation sites is 2. The Morgan fingerprint density at radius 2 is 1.56 bits per heavy atom.